The molecule has 19 heavy (non-hydrogen) atoms. The molecular weight excluding hydrogens is 236 g/mol. The summed E-state index contributed by atoms with van der Waals surface area (Å²) in [6, 6.07) is 17.7. The highest BCUT2D eigenvalue weighted by molar-refractivity contribution is 5.33. The van der Waals surface area contributed by atoms with Gasteiger partial charge >= 0.3 is 0 Å². The minimum Gasteiger partial charge on any atom is -0.494 e. The molecule has 0 bridgehead atoms. The molecule has 0 saturated heterocycles. The van der Waals surface area contributed by atoms with Gasteiger partial charge in [-0.25, -0.2) is 0 Å². The Hall–Kier alpha value is -1.80. The average molecular weight is 256 g/mol. The van der Waals surface area contributed by atoms with Crippen molar-refractivity contribution >= 4 is 0 Å². The highest BCUT2D eigenvalue weighted by Crippen LogP contribution is 2.28. The van der Waals surface area contributed by atoms with Crippen LogP contribution in [0.2, 0.25) is 0 Å². The van der Waals surface area contributed by atoms with E-state index in [2.05, 4.69) is 0 Å². The lowest BCUT2D eigenvalue weighted by Crippen LogP contribution is -2.24. The molecular formula is C17H20O2. The lowest BCUT2D eigenvalue weighted by atomic mass is 9.89. The lowest BCUT2D eigenvalue weighted by Gasteiger charge is -2.24. The van der Waals surface area contributed by atoms with Crippen molar-refractivity contribution < 1.29 is 9.84 Å². The quantitative estimate of drug-likeness (QED) is 0.886. The molecule has 0 amide bonds. The first-order valence-electron chi connectivity index (χ1n) is 6.61. The molecule has 0 spiro atoms. The number of benzene rings is 2. The van der Waals surface area contributed by atoms with Crippen LogP contribution in [0.1, 0.15) is 25.0 Å². The van der Waals surface area contributed by atoms with Crippen LogP contribution < -0.4 is 4.74 Å². The maximum Gasteiger partial charge on any atom is 0.119 e. The van der Waals surface area contributed by atoms with Crippen LogP contribution in [0.4, 0.5) is 0 Å². The third-order valence-electron chi connectivity index (χ3n) is 3.16. The normalized spacial score (nSPS) is 13.8. The van der Waals surface area contributed by atoms with E-state index in [9.17, 15) is 5.11 Å². The van der Waals surface area contributed by atoms with Gasteiger partial charge in [0.05, 0.1) is 12.2 Å². The molecule has 2 nitrogen and oxygen atoms in total. The van der Waals surface area contributed by atoms with E-state index in [1.165, 1.54) is 0 Å². The van der Waals surface area contributed by atoms with Crippen LogP contribution in [0, 0.1) is 0 Å². The molecule has 2 aromatic rings. The number of ether oxygens (including phenoxy) is 1. The first kappa shape index (κ1) is 13.6. The second-order valence-electron chi connectivity index (χ2n) is 4.90. The lowest BCUT2D eigenvalue weighted by molar-refractivity contribution is 0.0573. The molecule has 2 aromatic carbocycles. The summed E-state index contributed by atoms with van der Waals surface area (Å²) < 4.78 is 5.48. The fraction of sp³-hybridized carbons (Fsp3) is 0.294. The van der Waals surface area contributed by atoms with Gasteiger partial charge in [0, 0.05) is 6.42 Å². The summed E-state index contributed by atoms with van der Waals surface area (Å²) in [5.74, 6) is 0.799. The summed E-state index contributed by atoms with van der Waals surface area (Å²) in [4.78, 5) is 0. The monoisotopic (exact) mass is 256 g/mol. The largest absolute Gasteiger partial charge is 0.494 e. The maximum absolute atomic E-state index is 10.7. The zero-order chi connectivity index (χ0) is 13.7. The second-order valence-corrected chi connectivity index (χ2v) is 4.90. The van der Waals surface area contributed by atoms with Crippen LogP contribution in [-0.4, -0.2) is 11.7 Å². The van der Waals surface area contributed by atoms with E-state index in [1.54, 1.807) is 0 Å². The minimum absolute atomic E-state index is 0.587. The van der Waals surface area contributed by atoms with Gasteiger partial charge in [0.15, 0.2) is 0 Å². The van der Waals surface area contributed by atoms with E-state index in [4.69, 9.17) is 4.74 Å². The number of rotatable bonds is 5. The molecule has 0 aromatic heterocycles. The Balaban J connectivity index is 2.21. The highest BCUT2D eigenvalue weighted by Gasteiger charge is 2.23. The van der Waals surface area contributed by atoms with Crippen molar-refractivity contribution in [2.45, 2.75) is 25.9 Å². The summed E-state index contributed by atoms with van der Waals surface area (Å²) in [5.41, 5.74) is 1.10. The minimum atomic E-state index is -0.894. The van der Waals surface area contributed by atoms with Gasteiger partial charge in [-0.15, -0.1) is 0 Å². The third-order valence-corrected chi connectivity index (χ3v) is 3.16. The second kappa shape index (κ2) is 5.89. The maximum atomic E-state index is 10.7. The fourth-order valence-electron chi connectivity index (χ4n) is 2.18. The molecule has 1 unspecified atom stereocenters. The molecule has 2 heteroatoms. The van der Waals surface area contributed by atoms with Crippen molar-refractivity contribution in [2.75, 3.05) is 6.61 Å². The molecule has 0 aliphatic rings. The standard InChI is InChI=1S/C17H20O2/c1-3-19-16-11-7-10-15(12-16)17(2,18)13-14-8-5-4-6-9-14/h4-12,18H,3,13H2,1-2H3. The van der Waals surface area contributed by atoms with E-state index in [1.807, 2.05) is 68.4 Å². The summed E-state index contributed by atoms with van der Waals surface area (Å²) in [7, 11) is 0. The van der Waals surface area contributed by atoms with Crippen LogP contribution in [0.5, 0.6) is 5.75 Å². The van der Waals surface area contributed by atoms with Gasteiger partial charge in [0.2, 0.25) is 0 Å². The predicted octanol–water partition coefficient (Wildman–Crippen LogP) is 3.54. The zero-order valence-corrected chi connectivity index (χ0v) is 11.5. The predicted molar refractivity (Wildman–Crippen MR) is 77.3 cm³/mol. The van der Waals surface area contributed by atoms with Crippen LogP contribution >= 0.6 is 0 Å². The van der Waals surface area contributed by atoms with Gasteiger partial charge < -0.3 is 9.84 Å². The topological polar surface area (TPSA) is 29.5 Å². The molecule has 1 atom stereocenters. The Bertz CT molecular complexity index is 518. The van der Waals surface area contributed by atoms with E-state index < -0.39 is 5.60 Å². The number of hydrogen-bond donors (Lipinski definition) is 1. The molecule has 2 rings (SSSR count). The summed E-state index contributed by atoms with van der Waals surface area (Å²) >= 11 is 0. The van der Waals surface area contributed by atoms with Gasteiger partial charge in [0.1, 0.15) is 5.75 Å². The van der Waals surface area contributed by atoms with E-state index in [-0.39, 0.29) is 0 Å². The van der Waals surface area contributed by atoms with Gasteiger partial charge in [-0.05, 0) is 37.1 Å². The van der Waals surface area contributed by atoms with Crippen LogP contribution in [0.15, 0.2) is 54.6 Å². The van der Waals surface area contributed by atoms with Crippen LogP contribution in [-0.2, 0) is 12.0 Å². The molecule has 0 aliphatic carbocycles. The summed E-state index contributed by atoms with van der Waals surface area (Å²) in [6.07, 6.45) is 0.587. The Morgan fingerprint density at radius 2 is 1.79 bits per heavy atom. The smallest absolute Gasteiger partial charge is 0.119 e. The molecule has 0 radical (unpaired) electrons. The first-order valence-corrected chi connectivity index (χ1v) is 6.61. The van der Waals surface area contributed by atoms with E-state index in [0.717, 1.165) is 16.9 Å². The Morgan fingerprint density at radius 1 is 1.05 bits per heavy atom. The van der Waals surface area contributed by atoms with Gasteiger partial charge in [-0.2, -0.15) is 0 Å². The van der Waals surface area contributed by atoms with Gasteiger partial charge in [-0.3, -0.25) is 0 Å². The Morgan fingerprint density at radius 3 is 2.47 bits per heavy atom. The third kappa shape index (κ3) is 3.58. The van der Waals surface area contributed by atoms with Crippen molar-refractivity contribution in [3.05, 3.63) is 65.7 Å². The SMILES string of the molecule is CCOc1cccc(C(C)(O)Cc2ccccc2)c1. The molecule has 0 heterocycles. The van der Waals surface area contributed by atoms with Crippen molar-refractivity contribution in [3.8, 4) is 5.75 Å². The number of aliphatic hydroxyl groups is 1. The van der Waals surface area contributed by atoms with E-state index in [0.29, 0.717) is 13.0 Å². The van der Waals surface area contributed by atoms with Crippen LogP contribution in [0.25, 0.3) is 0 Å². The van der Waals surface area contributed by atoms with Crippen molar-refractivity contribution in [1.29, 1.82) is 0 Å². The zero-order valence-electron chi connectivity index (χ0n) is 11.5. The van der Waals surface area contributed by atoms with Gasteiger partial charge in [0.25, 0.3) is 0 Å². The fourth-order valence-corrected chi connectivity index (χ4v) is 2.18. The van der Waals surface area contributed by atoms with Gasteiger partial charge in [-0.1, -0.05) is 42.5 Å². The molecule has 0 saturated carbocycles. The molecule has 1 N–H and O–H groups in total. The van der Waals surface area contributed by atoms with E-state index >= 15 is 0 Å². The van der Waals surface area contributed by atoms with Crippen LogP contribution in [0.3, 0.4) is 0 Å². The van der Waals surface area contributed by atoms with Crippen molar-refractivity contribution in [2.24, 2.45) is 0 Å². The van der Waals surface area contributed by atoms with Crippen molar-refractivity contribution in [1.82, 2.24) is 0 Å². The molecule has 0 fully saturated rings. The first-order chi connectivity index (χ1) is 9.12. The Labute approximate surface area is 114 Å². The number of hydrogen-bond acceptors (Lipinski definition) is 2. The average Bonchev–Trinajstić information content (AvgIpc) is 2.40. The highest BCUT2D eigenvalue weighted by atomic mass is 16.5. The molecule has 100 valence electrons. The summed E-state index contributed by atoms with van der Waals surface area (Å²) in [5, 5.41) is 10.7. The summed E-state index contributed by atoms with van der Waals surface area (Å²) in [6.45, 7) is 4.42. The van der Waals surface area contributed by atoms with Crippen molar-refractivity contribution in [3.63, 3.8) is 0 Å². The Kier molecular flexibility index (Phi) is 4.23. The molecule has 0 aliphatic heterocycles.